The van der Waals surface area contributed by atoms with Gasteiger partial charge in [-0.2, -0.15) is 0 Å². The standard InChI is InChI=1S/C18H19Cl2N5O3S/c1-5-10-8-24(17(27)28-18(2,3)4)6-7-25(10)15-11(19)16(26)23-14(22-15)12-13(20)21-9-29-12/h1,9-10H,6-8H2,2-4H3,(H,22,23,26)/t10-/m1/s1. The molecule has 0 saturated carbocycles. The molecule has 1 amide bonds. The number of anilines is 1. The van der Waals surface area contributed by atoms with Crippen molar-refractivity contribution < 1.29 is 9.53 Å². The molecule has 8 nitrogen and oxygen atoms in total. The molecule has 3 rings (SSSR count). The Kier molecular flexibility index (Phi) is 6.08. The number of hydrogen-bond acceptors (Lipinski definition) is 7. The Morgan fingerprint density at radius 3 is 2.72 bits per heavy atom. The number of aromatic nitrogens is 3. The van der Waals surface area contributed by atoms with E-state index in [0.29, 0.717) is 18.0 Å². The van der Waals surface area contributed by atoms with Crippen LogP contribution >= 0.6 is 34.5 Å². The Hall–Kier alpha value is -2.28. The van der Waals surface area contributed by atoms with Gasteiger partial charge in [0.2, 0.25) is 0 Å². The first-order chi connectivity index (χ1) is 13.6. The van der Waals surface area contributed by atoms with E-state index in [1.54, 1.807) is 31.2 Å². The zero-order chi connectivity index (χ0) is 21.3. The molecule has 1 N–H and O–H groups in total. The molecular formula is C18H19Cl2N5O3S. The molecule has 0 aromatic carbocycles. The molecule has 1 fully saturated rings. The first-order valence-electron chi connectivity index (χ1n) is 8.70. The highest BCUT2D eigenvalue weighted by molar-refractivity contribution is 7.13. The average Bonchev–Trinajstić information content (AvgIpc) is 3.08. The lowest BCUT2D eigenvalue weighted by molar-refractivity contribution is 0.0227. The number of nitrogens with one attached hydrogen (secondary N) is 1. The third-order valence-corrected chi connectivity index (χ3v) is 5.65. The minimum Gasteiger partial charge on any atom is -0.444 e. The molecule has 3 heterocycles. The predicted molar refractivity (Wildman–Crippen MR) is 114 cm³/mol. The quantitative estimate of drug-likeness (QED) is 0.698. The summed E-state index contributed by atoms with van der Waals surface area (Å²) < 4.78 is 5.42. The minimum absolute atomic E-state index is 0.0830. The van der Waals surface area contributed by atoms with Crippen LogP contribution in [0.15, 0.2) is 10.3 Å². The number of carbonyl (C=O) groups is 1. The van der Waals surface area contributed by atoms with E-state index in [1.165, 1.54) is 16.2 Å². The number of terminal acetylenes is 1. The monoisotopic (exact) mass is 455 g/mol. The summed E-state index contributed by atoms with van der Waals surface area (Å²) in [6.07, 6.45) is 5.26. The molecule has 2 aromatic rings. The van der Waals surface area contributed by atoms with E-state index in [4.69, 9.17) is 34.4 Å². The fourth-order valence-corrected chi connectivity index (χ4v) is 3.95. The maximum absolute atomic E-state index is 12.4. The van der Waals surface area contributed by atoms with Gasteiger partial charge in [-0.1, -0.05) is 29.1 Å². The Morgan fingerprint density at radius 1 is 1.41 bits per heavy atom. The molecular weight excluding hydrogens is 437 g/mol. The van der Waals surface area contributed by atoms with Gasteiger partial charge in [-0.05, 0) is 20.8 Å². The van der Waals surface area contributed by atoms with Gasteiger partial charge >= 0.3 is 6.09 Å². The molecule has 2 aromatic heterocycles. The van der Waals surface area contributed by atoms with Crippen LogP contribution in [0.3, 0.4) is 0 Å². The highest BCUT2D eigenvalue weighted by Gasteiger charge is 2.33. The summed E-state index contributed by atoms with van der Waals surface area (Å²) in [5.41, 5.74) is 0.428. The number of rotatable bonds is 2. The Morgan fingerprint density at radius 2 is 2.14 bits per heavy atom. The van der Waals surface area contributed by atoms with Crippen LogP contribution in [0.2, 0.25) is 10.2 Å². The molecule has 1 aliphatic heterocycles. The second kappa shape index (κ2) is 8.22. The van der Waals surface area contributed by atoms with Gasteiger partial charge in [0.1, 0.15) is 21.5 Å². The molecule has 0 spiro atoms. The molecule has 0 unspecified atom stereocenters. The van der Waals surface area contributed by atoms with E-state index in [-0.39, 0.29) is 28.4 Å². The molecule has 0 radical (unpaired) electrons. The van der Waals surface area contributed by atoms with Crippen molar-refractivity contribution in [1.29, 1.82) is 0 Å². The van der Waals surface area contributed by atoms with Crippen LogP contribution in [0.25, 0.3) is 10.7 Å². The summed E-state index contributed by atoms with van der Waals surface area (Å²) in [6, 6.07) is -0.534. The van der Waals surface area contributed by atoms with Crippen LogP contribution in [0.4, 0.5) is 10.6 Å². The molecule has 1 atom stereocenters. The maximum Gasteiger partial charge on any atom is 0.410 e. The lowest BCUT2D eigenvalue weighted by atomic mass is 10.1. The van der Waals surface area contributed by atoms with Crippen molar-refractivity contribution in [2.75, 3.05) is 24.5 Å². The Bertz CT molecular complexity index is 1020. The van der Waals surface area contributed by atoms with Crippen molar-refractivity contribution in [3.8, 4) is 23.0 Å². The zero-order valence-corrected chi connectivity index (χ0v) is 18.4. The molecule has 0 aliphatic carbocycles. The van der Waals surface area contributed by atoms with Crippen molar-refractivity contribution in [3.05, 3.63) is 26.0 Å². The van der Waals surface area contributed by atoms with Crippen LogP contribution in [0, 0.1) is 12.3 Å². The molecule has 0 bridgehead atoms. The predicted octanol–water partition coefficient (Wildman–Crippen LogP) is 3.26. The summed E-state index contributed by atoms with van der Waals surface area (Å²) in [4.78, 5) is 39.6. The zero-order valence-electron chi connectivity index (χ0n) is 16.0. The first-order valence-corrected chi connectivity index (χ1v) is 10.3. The largest absolute Gasteiger partial charge is 0.444 e. The van der Waals surface area contributed by atoms with Gasteiger partial charge in [-0.25, -0.2) is 14.8 Å². The summed E-state index contributed by atoms with van der Waals surface area (Å²) in [6.45, 7) is 6.28. The molecule has 1 saturated heterocycles. The van der Waals surface area contributed by atoms with Gasteiger partial charge in [0.05, 0.1) is 12.1 Å². The second-order valence-corrected chi connectivity index (χ2v) is 8.92. The molecule has 29 heavy (non-hydrogen) atoms. The van der Waals surface area contributed by atoms with Gasteiger partial charge in [-0.15, -0.1) is 17.8 Å². The SMILES string of the molecule is C#C[C@@H]1CN(C(=O)OC(C)(C)C)CCN1c1nc(-c2scnc2Cl)[nH]c(=O)c1Cl. The third-order valence-electron chi connectivity index (χ3n) is 4.08. The van der Waals surface area contributed by atoms with Gasteiger partial charge in [0.15, 0.2) is 16.8 Å². The Balaban J connectivity index is 1.90. The van der Waals surface area contributed by atoms with Crippen molar-refractivity contribution in [2.45, 2.75) is 32.4 Å². The fraction of sp³-hybridized carbons (Fsp3) is 0.444. The summed E-state index contributed by atoms with van der Waals surface area (Å²) in [5, 5.41) is 0.148. The minimum atomic E-state index is -0.611. The van der Waals surface area contributed by atoms with E-state index < -0.39 is 23.3 Å². The summed E-state index contributed by atoms with van der Waals surface area (Å²) >= 11 is 13.6. The van der Waals surface area contributed by atoms with Gasteiger partial charge in [-0.3, -0.25) is 4.79 Å². The number of nitrogens with zero attached hydrogens (tertiary/aromatic N) is 4. The highest BCUT2D eigenvalue weighted by Crippen LogP contribution is 2.31. The third kappa shape index (κ3) is 4.66. The van der Waals surface area contributed by atoms with E-state index in [0.717, 1.165) is 0 Å². The van der Waals surface area contributed by atoms with Crippen LogP contribution in [-0.2, 0) is 4.74 Å². The number of thiazole rings is 1. The summed E-state index contributed by atoms with van der Waals surface area (Å²) in [5.74, 6) is 3.14. The summed E-state index contributed by atoms with van der Waals surface area (Å²) in [7, 11) is 0. The van der Waals surface area contributed by atoms with Crippen LogP contribution in [0.1, 0.15) is 20.8 Å². The number of piperazine rings is 1. The van der Waals surface area contributed by atoms with E-state index in [1.807, 2.05) is 0 Å². The lowest BCUT2D eigenvalue weighted by Crippen LogP contribution is -2.55. The number of halogens is 2. The highest BCUT2D eigenvalue weighted by atomic mass is 35.5. The number of carbonyl (C=O) groups excluding carboxylic acids is 1. The molecule has 1 aliphatic rings. The topological polar surface area (TPSA) is 91.4 Å². The van der Waals surface area contributed by atoms with Crippen LogP contribution in [-0.4, -0.2) is 57.2 Å². The van der Waals surface area contributed by atoms with Gasteiger partial charge in [0.25, 0.3) is 5.56 Å². The molecule has 11 heteroatoms. The van der Waals surface area contributed by atoms with Crippen molar-refractivity contribution in [3.63, 3.8) is 0 Å². The van der Waals surface area contributed by atoms with E-state index in [9.17, 15) is 9.59 Å². The second-order valence-electron chi connectivity index (χ2n) is 7.33. The normalized spacial score (nSPS) is 17.2. The van der Waals surface area contributed by atoms with Gasteiger partial charge < -0.3 is 19.5 Å². The number of aromatic amines is 1. The van der Waals surface area contributed by atoms with Gasteiger partial charge in [0, 0.05) is 13.1 Å². The number of amides is 1. The van der Waals surface area contributed by atoms with Crippen molar-refractivity contribution in [2.24, 2.45) is 0 Å². The van der Waals surface area contributed by atoms with Crippen LogP contribution in [0.5, 0.6) is 0 Å². The Labute approximate surface area is 181 Å². The number of ether oxygens (including phenoxy) is 1. The first kappa shape index (κ1) is 21.4. The van der Waals surface area contributed by atoms with Crippen LogP contribution < -0.4 is 10.5 Å². The van der Waals surface area contributed by atoms with Crippen molar-refractivity contribution >= 4 is 46.4 Å². The van der Waals surface area contributed by atoms with Crippen molar-refractivity contribution in [1.82, 2.24) is 19.9 Å². The lowest BCUT2D eigenvalue weighted by Gasteiger charge is -2.40. The molecule has 154 valence electrons. The van der Waals surface area contributed by atoms with E-state index >= 15 is 0 Å². The fourth-order valence-electron chi connectivity index (χ4n) is 2.80. The average molecular weight is 456 g/mol. The smallest absolute Gasteiger partial charge is 0.410 e. The number of hydrogen-bond donors (Lipinski definition) is 1. The maximum atomic E-state index is 12.4. The number of H-pyrrole nitrogens is 1. The van der Waals surface area contributed by atoms with E-state index in [2.05, 4.69) is 20.9 Å².